The van der Waals surface area contributed by atoms with Crippen molar-refractivity contribution < 1.29 is 4.79 Å². The Morgan fingerprint density at radius 2 is 2.00 bits per heavy atom. The van der Waals surface area contributed by atoms with Crippen LogP contribution in [-0.4, -0.2) is 29.0 Å². The van der Waals surface area contributed by atoms with E-state index in [1.165, 1.54) is 5.56 Å². The molecule has 0 aliphatic carbocycles. The van der Waals surface area contributed by atoms with Crippen molar-refractivity contribution in [3.8, 4) is 0 Å². The number of carbonyl (C=O) groups is 1. The fourth-order valence-corrected chi connectivity index (χ4v) is 2.53. The maximum atomic E-state index is 12.6. The summed E-state index contributed by atoms with van der Waals surface area (Å²) in [5, 5.41) is 3.15. The van der Waals surface area contributed by atoms with Gasteiger partial charge in [-0.15, -0.1) is 0 Å². The number of benzene rings is 1. The molecule has 114 valence electrons. The van der Waals surface area contributed by atoms with Crippen LogP contribution in [0.2, 0.25) is 0 Å². The number of para-hydroxylation sites is 1. The van der Waals surface area contributed by atoms with Gasteiger partial charge < -0.3 is 10.2 Å². The molecule has 0 radical (unpaired) electrons. The van der Waals surface area contributed by atoms with E-state index in [-0.39, 0.29) is 5.91 Å². The number of nitrogens with zero attached hydrogens (tertiary/aromatic N) is 3. The molecule has 2 heterocycles. The smallest absolute Gasteiger partial charge is 0.261 e. The first-order valence-electron chi connectivity index (χ1n) is 7.61. The van der Waals surface area contributed by atoms with Gasteiger partial charge in [-0.05, 0) is 24.0 Å². The quantitative estimate of drug-likeness (QED) is 0.942. The van der Waals surface area contributed by atoms with Crippen LogP contribution in [0.25, 0.3) is 0 Å². The summed E-state index contributed by atoms with van der Waals surface area (Å²) >= 11 is 0. The Balaban J connectivity index is 1.73. The number of amides is 1. The average molecular weight is 296 g/mol. The van der Waals surface area contributed by atoms with E-state index < -0.39 is 0 Å². The Hall–Kier alpha value is -2.43. The van der Waals surface area contributed by atoms with Gasteiger partial charge in [0.25, 0.3) is 5.91 Å². The Bertz CT molecular complexity index is 667. The molecule has 5 nitrogen and oxygen atoms in total. The fraction of sp³-hybridized carbons (Fsp3) is 0.353. The molecule has 1 N–H and O–H groups in total. The van der Waals surface area contributed by atoms with Gasteiger partial charge in [-0.2, -0.15) is 0 Å². The third-order valence-electron chi connectivity index (χ3n) is 3.70. The summed E-state index contributed by atoms with van der Waals surface area (Å²) in [6.07, 6.45) is 4.09. The molecule has 0 spiro atoms. The lowest BCUT2D eigenvalue weighted by atomic mass is 10.2. The van der Waals surface area contributed by atoms with Crippen LogP contribution in [0.5, 0.6) is 0 Å². The number of fused-ring (bicyclic) bond motifs is 1. The van der Waals surface area contributed by atoms with E-state index in [0.29, 0.717) is 24.0 Å². The summed E-state index contributed by atoms with van der Waals surface area (Å²) in [6, 6.07) is 8.02. The second kappa shape index (κ2) is 6.13. The van der Waals surface area contributed by atoms with Crippen molar-refractivity contribution >= 4 is 17.5 Å². The predicted molar refractivity (Wildman–Crippen MR) is 87.2 cm³/mol. The largest absolute Gasteiger partial charge is 0.354 e. The lowest BCUT2D eigenvalue weighted by Crippen LogP contribution is -2.29. The summed E-state index contributed by atoms with van der Waals surface area (Å²) in [5.41, 5.74) is 2.73. The maximum absolute atomic E-state index is 12.6. The van der Waals surface area contributed by atoms with E-state index in [1.54, 1.807) is 17.3 Å². The Labute approximate surface area is 130 Å². The normalized spacial score (nSPS) is 13.3. The summed E-state index contributed by atoms with van der Waals surface area (Å²) < 4.78 is 0. The highest BCUT2D eigenvalue weighted by Gasteiger charge is 2.25. The Kier molecular flexibility index (Phi) is 4.04. The molecule has 1 aromatic heterocycles. The van der Waals surface area contributed by atoms with Crippen LogP contribution in [-0.2, 0) is 6.42 Å². The second-order valence-electron chi connectivity index (χ2n) is 5.91. The molecule has 1 aliphatic rings. The van der Waals surface area contributed by atoms with Gasteiger partial charge >= 0.3 is 0 Å². The molecule has 0 atom stereocenters. The molecule has 0 unspecified atom stereocenters. The van der Waals surface area contributed by atoms with Crippen molar-refractivity contribution in [2.24, 2.45) is 5.92 Å². The molecule has 1 aliphatic heterocycles. The van der Waals surface area contributed by atoms with Crippen molar-refractivity contribution in [2.45, 2.75) is 20.3 Å². The first-order chi connectivity index (χ1) is 10.6. The number of hydrogen-bond donors (Lipinski definition) is 1. The fourth-order valence-electron chi connectivity index (χ4n) is 2.53. The molecular formula is C17H20N4O. The molecule has 0 saturated carbocycles. The van der Waals surface area contributed by atoms with Gasteiger partial charge in [0.15, 0.2) is 0 Å². The van der Waals surface area contributed by atoms with Crippen molar-refractivity contribution in [1.82, 2.24) is 9.97 Å². The van der Waals surface area contributed by atoms with Crippen molar-refractivity contribution in [2.75, 3.05) is 23.3 Å². The van der Waals surface area contributed by atoms with E-state index in [1.807, 2.05) is 18.2 Å². The first-order valence-corrected chi connectivity index (χ1v) is 7.61. The topological polar surface area (TPSA) is 58.1 Å². The summed E-state index contributed by atoms with van der Waals surface area (Å²) in [6.45, 7) is 5.77. The van der Waals surface area contributed by atoms with Crippen molar-refractivity contribution in [1.29, 1.82) is 0 Å². The van der Waals surface area contributed by atoms with Crippen LogP contribution in [0.4, 0.5) is 11.6 Å². The molecule has 5 heteroatoms. The van der Waals surface area contributed by atoms with Crippen LogP contribution >= 0.6 is 0 Å². The molecule has 1 amide bonds. The first kappa shape index (κ1) is 14.5. The minimum atomic E-state index is -0.0413. The van der Waals surface area contributed by atoms with Crippen molar-refractivity contribution in [3.05, 3.63) is 47.8 Å². The monoisotopic (exact) mass is 296 g/mol. The summed E-state index contributed by atoms with van der Waals surface area (Å²) in [5.74, 6) is 1.04. The number of carbonyl (C=O) groups excluding carboxylic acids is 1. The molecule has 1 aromatic carbocycles. The third kappa shape index (κ3) is 2.93. The lowest BCUT2D eigenvalue weighted by molar-refractivity contribution is 0.0988. The van der Waals surface area contributed by atoms with Gasteiger partial charge in [0.1, 0.15) is 0 Å². The molecule has 0 saturated heterocycles. The zero-order chi connectivity index (χ0) is 15.5. The van der Waals surface area contributed by atoms with Crippen LogP contribution < -0.4 is 10.2 Å². The second-order valence-corrected chi connectivity index (χ2v) is 5.91. The van der Waals surface area contributed by atoms with Crippen LogP contribution in [0.1, 0.15) is 29.8 Å². The van der Waals surface area contributed by atoms with E-state index in [2.05, 4.69) is 35.2 Å². The van der Waals surface area contributed by atoms with Crippen LogP contribution in [0, 0.1) is 5.92 Å². The van der Waals surface area contributed by atoms with Gasteiger partial charge in [-0.3, -0.25) is 4.79 Å². The number of hydrogen-bond acceptors (Lipinski definition) is 4. The number of anilines is 2. The van der Waals surface area contributed by atoms with E-state index in [0.717, 1.165) is 18.7 Å². The Morgan fingerprint density at radius 1 is 1.27 bits per heavy atom. The van der Waals surface area contributed by atoms with E-state index in [4.69, 9.17) is 0 Å². The number of aromatic nitrogens is 2. The minimum absolute atomic E-state index is 0.0413. The van der Waals surface area contributed by atoms with Crippen LogP contribution in [0.3, 0.4) is 0 Å². The third-order valence-corrected chi connectivity index (χ3v) is 3.70. The maximum Gasteiger partial charge on any atom is 0.261 e. The molecule has 2 aromatic rings. The lowest BCUT2D eigenvalue weighted by Gasteiger charge is -2.17. The summed E-state index contributed by atoms with van der Waals surface area (Å²) in [7, 11) is 0. The predicted octanol–water partition coefficient (Wildman–Crippen LogP) is 2.75. The standard InChI is InChI=1S/C17H20N4O/c1-12(2)9-18-17-19-10-14(11-20-17)16(22)21-8-7-13-5-3-4-6-15(13)21/h3-6,10-12H,7-9H2,1-2H3,(H,18,19,20). The van der Waals surface area contributed by atoms with Crippen molar-refractivity contribution in [3.63, 3.8) is 0 Å². The van der Waals surface area contributed by atoms with E-state index >= 15 is 0 Å². The van der Waals surface area contributed by atoms with E-state index in [9.17, 15) is 4.79 Å². The van der Waals surface area contributed by atoms with Gasteiger partial charge in [-0.25, -0.2) is 9.97 Å². The van der Waals surface area contributed by atoms with Gasteiger partial charge in [0, 0.05) is 31.2 Å². The van der Waals surface area contributed by atoms with Gasteiger partial charge in [0.05, 0.1) is 5.56 Å². The molecule has 0 fully saturated rings. The van der Waals surface area contributed by atoms with Gasteiger partial charge in [0.2, 0.25) is 5.95 Å². The average Bonchev–Trinajstić information content (AvgIpc) is 2.97. The van der Waals surface area contributed by atoms with Gasteiger partial charge in [-0.1, -0.05) is 32.0 Å². The highest BCUT2D eigenvalue weighted by Crippen LogP contribution is 2.28. The Morgan fingerprint density at radius 3 is 2.73 bits per heavy atom. The number of nitrogens with one attached hydrogen (secondary N) is 1. The highest BCUT2D eigenvalue weighted by atomic mass is 16.2. The SMILES string of the molecule is CC(C)CNc1ncc(C(=O)N2CCc3ccccc32)cn1. The molecular weight excluding hydrogens is 276 g/mol. The van der Waals surface area contributed by atoms with Crippen LogP contribution in [0.15, 0.2) is 36.7 Å². The molecule has 0 bridgehead atoms. The minimum Gasteiger partial charge on any atom is -0.354 e. The highest BCUT2D eigenvalue weighted by molar-refractivity contribution is 6.06. The number of rotatable bonds is 4. The molecule has 3 rings (SSSR count). The zero-order valence-electron chi connectivity index (χ0n) is 12.9. The summed E-state index contributed by atoms with van der Waals surface area (Å²) in [4.78, 5) is 22.9. The molecule has 22 heavy (non-hydrogen) atoms. The zero-order valence-corrected chi connectivity index (χ0v) is 12.9.